The third kappa shape index (κ3) is 4.12. The molecule has 3 aromatic carbocycles. The molecule has 0 spiro atoms. The first-order chi connectivity index (χ1) is 12.7. The Morgan fingerprint density at radius 1 is 0.731 bits per heavy atom. The number of nitrogens with one attached hydrogen (secondary N) is 1. The van der Waals surface area contributed by atoms with Crippen LogP contribution in [0.5, 0.6) is 0 Å². The van der Waals surface area contributed by atoms with Gasteiger partial charge in [0.2, 0.25) is 5.91 Å². The molecule has 1 N–H and O–H groups in total. The van der Waals surface area contributed by atoms with E-state index in [1.54, 1.807) is 4.90 Å². The topological polar surface area (TPSA) is 32.3 Å². The van der Waals surface area contributed by atoms with E-state index >= 15 is 0 Å². The van der Waals surface area contributed by atoms with E-state index in [-0.39, 0.29) is 17.9 Å². The second-order valence-electron chi connectivity index (χ2n) is 6.52. The van der Waals surface area contributed by atoms with Crippen molar-refractivity contribution < 1.29 is 4.79 Å². The second-order valence-corrected chi connectivity index (χ2v) is 6.52. The molecular weight excluding hydrogens is 320 g/mol. The van der Waals surface area contributed by atoms with Crippen molar-refractivity contribution in [3.8, 4) is 0 Å². The van der Waals surface area contributed by atoms with Crippen molar-refractivity contribution in [2.45, 2.75) is 12.0 Å². The van der Waals surface area contributed by atoms with Gasteiger partial charge in [-0.2, -0.15) is 0 Å². The minimum Gasteiger partial charge on any atom is -0.377 e. The van der Waals surface area contributed by atoms with Crippen LogP contribution in [0.1, 0.15) is 23.1 Å². The summed E-state index contributed by atoms with van der Waals surface area (Å²) in [4.78, 5) is 14.8. The van der Waals surface area contributed by atoms with Gasteiger partial charge in [0, 0.05) is 19.8 Å². The summed E-state index contributed by atoms with van der Waals surface area (Å²) in [5.41, 5.74) is 3.08. The van der Waals surface area contributed by atoms with Crippen molar-refractivity contribution in [3.05, 3.63) is 102 Å². The van der Waals surface area contributed by atoms with Crippen molar-refractivity contribution in [2.75, 3.05) is 19.4 Å². The molecule has 0 unspecified atom stereocenters. The largest absolute Gasteiger partial charge is 0.377 e. The van der Waals surface area contributed by atoms with Gasteiger partial charge in [-0.3, -0.25) is 4.79 Å². The van der Waals surface area contributed by atoms with Gasteiger partial charge in [-0.25, -0.2) is 0 Å². The zero-order valence-electron chi connectivity index (χ0n) is 15.2. The summed E-state index contributed by atoms with van der Waals surface area (Å²) in [5.74, 6) is -0.248. The van der Waals surface area contributed by atoms with Gasteiger partial charge < -0.3 is 10.2 Å². The highest BCUT2D eigenvalue weighted by Crippen LogP contribution is 2.35. The van der Waals surface area contributed by atoms with Crippen molar-refractivity contribution in [1.82, 2.24) is 4.90 Å². The third-order valence-corrected chi connectivity index (χ3v) is 4.45. The van der Waals surface area contributed by atoms with Crippen LogP contribution in [0.4, 0.5) is 5.69 Å². The molecule has 0 heterocycles. The lowest BCUT2D eigenvalue weighted by molar-refractivity contribution is -0.130. The average Bonchev–Trinajstić information content (AvgIpc) is 2.69. The summed E-state index contributed by atoms with van der Waals surface area (Å²) >= 11 is 0. The first kappa shape index (κ1) is 17.7. The zero-order valence-corrected chi connectivity index (χ0v) is 15.2. The molecule has 0 fully saturated rings. The van der Waals surface area contributed by atoms with Crippen LogP contribution >= 0.6 is 0 Å². The molecule has 0 bridgehead atoms. The van der Waals surface area contributed by atoms with Crippen LogP contribution in [-0.2, 0) is 4.79 Å². The van der Waals surface area contributed by atoms with E-state index in [0.717, 1.165) is 16.8 Å². The number of nitrogens with zero attached hydrogens (tertiary/aromatic N) is 1. The highest BCUT2D eigenvalue weighted by atomic mass is 16.2. The maximum atomic E-state index is 13.1. The molecule has 26 heavy (non-hydrogen) atoms. The highest BCUT2D eigenvalue weighted by Gasteiger charge is 2.32. The Labute approximate surface area is 155 Å². The van der Waals surface area contributed by atoms with E-state index in [9.17, 15) is 4.79 Å². The Hall–Kier alpha value is -3.07. The number of para-hydroxylation sites is 1. The van der Waals surface area contributed by atoms with E-state index in [4.69, 9.17) is 0 Å². The quantitative estimate of drug-likeness (QED) is 0.702. The van der Waals surface area contributed by atoms with Gasteiger partial charge in [-0.05, 0) is 23.3 Å². The Kier molecular flexibility index (Phi) is 5.69. The predicted molar refractivity (Wildman–Crippen MR) is 107 cm³/mol. The van der Waals surface area contributed by atoms with E-state index in [1.807, 2.05) is 93.0 Å². The number of hydrogen-bond donors (Lipinski definition) is 1. The predicted octanol–water partition coefficient (Wildman–Crippen LogP) is 4.71. The molecule has 0 aliphatic heterocycles. The summed E-state index contributed by atoms with van der Waals surface area (Å²) in [6, 6.07) is 30.0. The smallest absolute Gasteiger partial charge is 0.232 e. The van der Waals surface area contributed by atoms with Crippen LogP contribution in [0, 0.1) is 0 Å². The summed E-state index contributed by atoms with van der Waals surface area (Å²) in [5, 5.41) is 3.58. The number of carbonyl (C=O) groups excluding carboxylic acids is 1. The van der Waals surface area contributed by atoms with E-state index in [0.29, 0.717) is 0 Å². The maximum Gasteiger partial charge on any atom is 0.232 e. The minimum atomic E-state index is -0.325. The normalized spacial score (nSPS) is 12.8. The van der Waals surface area contributed by atoms with Gasteiger partial charge >= 0.3 is 0 Å². The average molecular weight is 344 g/mol. The van der Waals surface area contributed by atoms with Crippen LogP contribution in [0.15, 0.2) is 91.0 Å². The molecule has 1 amide bonds. The molecule has 0 aliphatic carbocycles. The van der Waals surface area contributed by atoms with Gasteiger partial charge in [0.1, 0.15) is 0 Å². The van der Waals surface area contributed by atoms with E-state index in [1.165, 1.54) is 0 Å². The SMILES string of the molecule is CN(C)C(=O)[C@@H](c1ccccc1)[C@@H](Nc1ccccc1)c1ccccc1. The Balaban J connectivity index is 2.08. The minimum absolute atomic E-state index is 0.0773. The summed E-state index contributed by atoms with van der Waals surface area (Å²) in [6.45, 7) is 0. The van der Waals surface area contributed by atoms with Crippen molar-refractivity contribution in [2.24, 2.45) is 0 Å². The van der Waals surface area contributed by atoms with Crippen molar-refractivity contribution in [1.29, 1.82) is 0 Å². The van der Waals surface area contributed by atoms with Crippen LogP contribution in [0.2, 0.25) is 0 Å². The fraction of sp³-hybridized carbons (Fsp3) is 0.174. The van der Waals surface area contributed by atoms with E-state index in [2.05, 4.69) is 17.4 Å². The molecule has 0 aromatic heterocycles. The monoisotopic (exact) mass is 344 g/mol. The highest BCUT2D eigenvalue weighted by molar-refractivity contribution is 5.85. The molecule has 3 nitrogen and oxygen atoms in total. The van der Waals surface area contributed by atoms with Crippen LogP contribution in [0.3, 0.4) is 0 Å². The molecule has 3 rings (SSSR count). The molecule has 0 saturated carbocycles. The fourth-order valence-electron chi connectivity index (χ4n) is 3.15. The van der Waals surface area contributed by atoms with E-state index < -0.39 is 0 Å². The fourth-order valence-corrected chi connectivity index (χ4v) is 3.15. The molecule has 2 atom stereocenters. The summed E-state index contributed by atoms with van der Waals surface area (Å²) < 4.78 is 0. The summed E-state index contributed by atoms with van der Waals surface area (Å²) in [6.07, 6.45) is 0. The maximum absolute atomic E-state index is 13.1. The van der Waals surface area contributed by atoms with Gasteiger partial charge in [0.05, 0.1) is 12.0 Å². The Morgan fingerprint density at radius 2 is 1.19 bits per heavy atom. The van der Waals surface area contributed by atoms with Crippen LogP contribution in [-0.4, -0.2) is 24.9 Å². The van der Waals surface area contributed by atoms with Gasteiger partial charge in [0.15, 0.2) is 0 Å². The van der Waals surface area contributed by atoms with Crippen molar-refractivity contribution >= 4 is 11.6 Å². The lowest BCUT2D eigenvalue weighted by atomic mass is 9.85. The third-order valence-electron chi connectivity index (χ3n) is 4.45. The molecule has 0 radical (unpaired) electrons. The van der Waals surface area contributed by atoms with Gasteiger partial charge in [-0.15, -0.1) is 0 Å². The van der Waals surface area contributed by atoms with Gasteiger partial charge in [0.25, 0.3) is 0 Å². The molecule has 0 aliphatic rings. The number of carbonyl (C=O) groups is 1. The number of anilines is 1. The number of amides is 1. The number of likely N-dealkylation sites (N-methyl/N-ethyl adjacent to an activating group) is 1. The molecule has 3 heteroatoms. The second kappa shape index (κ2) is 8.34. The lowest BCUT2D eigenvalue weighted by Crippen LogP contribution is -2.34. The first-order valence-electron chi connectivity index (χ1n) is 8.79. The summed E-state index contributed by atoms with van der Waals surface area (Å²) in [7, 11) is 3.62. The number of benzene rings is 3. The molecule has 132 valence electrons. The van der Waals surface area contributed by atoms with Crippen molar-refractivity contribution in [3.63, 3.8) is 0 Å². The molecule has 0 saturated heterocycles. The Bertz CT molecular complexity index is 817. The Morgan fingerprint density at radius 3 is 1.69 bits per heavy atom. The van der Waals surface area contributed by atoms with Crippen LogP contribution in [0.25, 0.3) is 0 Å². The molecule has 3 aromatic rings. The standard InChI is InChI=1S/C23H24N2O/c1-25(2)23(26)21(18-12-6-3-7-13-18)22(19-14-8-4-9-15-19)24-20-16-10-5-11-17-20/h3-17,21-22,24H,1-2H3/t21-,22-/m0/s1. The number of hydrogen-bond acceptors (Lipinski definition) is 2. The van der Waals surface area contributed by atoms with Crippen LogP contribution < -0.4 is 5.32 Å². The molecular formula is C23H24N2O. The first-order valence-corrected chi connectivity index (χ1v) is 8.79. The van der Waals surface area contributed by atoms with Gasteiger partial charge in [-0.1, -0.05) is 78.9 Å². The lowest BCUT2D eigenvalue weighted by Gasteiger charge is -2.31. The zero-order chi connectivity index (χ0) is 18.4. The number of rotatable bonds is 6.